The lowest BCUT2D eigenvalue weighted by Gasteiger charge is -2.31. The first kappa shape index (κ1) is 16.4. The molecule has 0 aromatic rings. The fraction of sp³-hybridized carbons (Fsp3) is 0.933. The molecule has 1 rings (SSSR count). The third kappa shape index (κ3) is 6.39. The molecule has 19 heavy (non-hydrogen) atoms. The summed E-state index contributed by atoms with van der Waals surface area (Å²) >= 11 is 0. The molecular formula is C15H30N2O2. The second-order valence-electron chi connectivity index (χ2n) is 5.97. The van der Waals surface area contributed by atoms with E-state index in [1.807, 2.05) is 6.92 Å². The van der Waals surface area contributed by atoms with Crippen LogP contribution in [0.1, 0.15) is 46.0 Å². The van der Waals surface area contributed by atoms with Crippen LogP contribution in [-0.2, 0) is 9.53 Å². The average Bonchev–Trinajstić information content (AvgIpc) is 2.37. The van der Waals surface area contributed by atoms with Crippen LogP contribution in [0.3, 0.4) is 0 Å². The van der Waals surface area contributed by atoms with E-state index in [2.05, 4.69) is 31.2 Å². The van der Waals surface area contributed by atoms with Gasteiger partial charge in [0.05, 0.1) is 12.5 Å². The highest BCUT2D eigenvalue weighted by Crippen LogP contribution is 2.25. The monoisotopic (exact) mass is 270 g/mol. The summed E-state index contributed by atoms with van der Waals surface area (Å²) in [6, 6.07) is 0.980. The Kier molecular flexibility index (Phi) is 7.39. The first-order chi connectivity index (χ1) is 9.02. The highest BCUT2D eigenvalue weighted by atomic mass is 16.5. The molecule has 0 bridgehead atoms. The van der Waals surface area contributed by atoms with E-state index in [1.54, 1.807) is 0 Å². The summed E-state index contributed by atoms with van der Waals surface area (Å²) in [4.78, 5) is 14.0. The van der Waals surface area contributed by atoms with Gasteiger partial charge in [-0.3, -0.25) is 4.79 Å². The zero-order chi connectivity index (χ0) is 14.3. The Labute approximate surface area is 117 Å². The molecule has 112 valence electrons. The number of nitrogens with one attached hydrogen (secondary N) is 1. The molecule has 0 spiro atoms. The molecule has 1 aliphatic rings. The molecular weight excluding hydrogens is 240 g/mol. The molecule has 0 heterocycles. The molecule has 0 saturated heterocycles. The van der Waals surface area contributed by atoms with Gasteiger partial charge in [0.15, 0.2) is 0 Å². The smallest absolute Gasteiger partial charge is 0.308 e. The van der Waals surface area contributed by atoms with E-state index in [0.717, 1.165) is 32.2 Å². The van der Waals surface area contributed by atoms with Crippen molar-refractivity contribution in [2.45, 2.75) is 58.0 Å². The van der Waals surface area contributed by atoms with Crippen LogP contribution in [-0.4, -0.2) is 50.2 Å². The molecule has 1 saturated carbocycles. The molecule has 4 heteroatoms. The maximum atomic E-state index is 11.8. The lowest BCUT2D eigenvalue weighted by molar-refractivity contribution is -0.149. The van der Waals surface area contributed by atoms with Gasteiger partial charge in [0, 0.05) is 12.1 Å². The maximum Gasteiger partial charge on any atom is 0.308 e. The number of hydrogen-bond donors (Lipinski definition) is 1. The maximum absolute atomic E-state index is 11.8. The lowest BCUT2D eigenvalue weighted by Crippen LogP contribution is -2.42. The fourth-order valence-electron chi connectivity index (χ4n) is 2.75. The molecule has 3 atom stereocenters. The summed E-state index contributed by atoms with van der Waals surface area (Å²) in [6.07, 6.45) is 5.38. The van der Waals surface area contributed by atoms with E-state index >= 15 is 0 Å². The number of hydrogen-bond acceptors (Lipinski definition) is 4. The van der Waals surface area contributed by atoms with Gasteiger partial charge in [-0.15, -0.1) is 0 Å². The number of carbonyl (C=O) groups is 1. The first-order valence-corrected chi connectivity index (χ1v) is 7.60. The molecule has 1 aliphatic carbocycles. The van der Waals surface area contributed by atoms with Crippen LogP contribution >= 0.6 is 0 Å². The molecule has 3 unspecified atom stereocenters. The van der Waals surface area contributed by atoms with Gasteiger partial charge in [0.2, 0.25) is 0 Å². The quantitative estimate of drug-likeness (QED) is 0.719. The molecule has 0 radical (unpaired) electrons. The van der Waals surface area contributed by atoms with Crippen molar-refractivity contribution >= 4 is 5.97 Å². The SMILES string of the molecule is CCOC(=O)C1CCCC(NC(C)CCN(C)C)C1. The van der Waals surface area contributed by atoms with Crippen LogP contribution < -0.4 is 5.32 Å². The summed E-state index contributed by atoms with van der Waals surface area (Å²) < 4.78 is 5.14. The van der Waals surface area contributed by atoms with Crippen LogP contribution in [0.25, 0.3) is 0 Å². The van der Waals surface area contributed by atoms with Crippen molar-refractivity contribution in [3.8, 4) is 0 Å². The molecule has 0 amide bonds. The lowest BCUT2D eigenvalue weighted by atomic mass is 9.85. The minimum Gasteiger partial charge on any atom is -0.466 e. The van der Waals surface area contributed by atoms with E-state index in [4.69, 9.17) is 4.74 Å². The molecule has 0 aromatic carbocycles. The van der Waals surface area contributed by atoms with Crippen molar-refractivity contribution in [3.05, 3.63) is 0 Å². The topological polar surface area (TPSA) is 41.6 Å². The van der Waals surface area contributed by atoms with Crippen LogP contribution in [0, 0.1) is 5.92 Å². The number of nitrogens with zero attached hydrogens (tertiary/aromatic N) is 1. The first-order valence-electron chi connectivity index (χ1n) is 7.60. The van der Waals surface area contributed by atoms with E-state index < -0.39 is 0 Å². The van der Waals surface area contributed by atoms with Gasteiger partial charge in [0.25, 0.3) is 0 Å². The number of rotatable bonds is 7. The van der Waals surface area contributed by atoms with Crippen molar-refractivity contribution in [2.75, 3.05) is 27.2 Å². The number of carbonyl (C=O) groups excluding carboxylic acids is 1. The van der Waals surface area contributed by atoms with E-state index in [9.17, 15) is 4.79 Å². The van der Waals surface area contributed by atoms with Crippen LogP contribution in [0.4, 0.5) is 0 Å². The Morgan fingerprint density at radius 1 is 1.42 bits per heavy atom. The number of ether oxygens (including phenoxy) is 1. The predicted molar refractivity (Wildman–Crippen MR) is 78.1 cm³/mol. The van der Waals surface area contributed by atoms with Gasteiger partial charge in [-0.1, -0.05) is 6.42 Å². The third-order valence-electron chi connectivity index (χ3n) is 3.82. The van der Waals surface area contributed by atoms with Gasteiger partial charge in [0.1, 0.15) is 0 Å². The van der Waals surface area contributed by atoms with Crippen LogP contribution in [0.2, 0.25) is 0 Å². The zero-order valence-electron chi connectivity index (χ0n) is 12.9. The van der Waals surface area contributed by atoms with E-state index in [-0.39, 0.29) is 11.9 Å². The second-order valence-corrected chi connectivity index (χ2v) is 5.97. The van der Waals surface area contributed by atoms with Crippen LogP contribution in [0.15, 0.2) is 0 Å². The van der Waals surface area contributed by atoms with Crippen molar-refractivity contribution < 1.29 is 9.53 Å². The van der Waals surface area contributed by atoms with Gasteiger partial charge >= 0.3 is 5.97 Å². The molecule has 0 aliphatic heterocycles. The van der Waals surface area contributed by atoms with Gasteiger partial charge in [-0.25, -0.2) is 0 Å². The fourth-order valence-corrected chi connectivity index (χ4v) is 2.75. The summed E-state index contributed by atoms with van der Waals surface area (Å²) in [5.74, 6) is 0.0993. The Morgan fingerprint density at radius 2 is 2.16 bits per heavy atom. The van der Waals surface area contributed by atoms with Gasteiger partial charge in [-0.2, -0.15) is 0 Å². The molecule has 1 fully saturated rings. The predicted octanol–water partition coefficient (Wildman–Crippen LogP) is 2.04. The molecule has 4 nitrogen and oxygen atoms in total. The van der Waals surface area contributed by atoms with Gasteiger partial charge in [-0.05, 0) is 60.2 Å². The standard InChI is InChI=1S/C15H30N2O2/c1-5-19-15(18)13-7-6-8-14(11-13)16-12(2)9-10-17(3)4/h12-14,16H,5-11H2,1-4H3. The Morgan fingerprint density at radius 3 is 2.79 bits per heavy atom. The highest BCUT2D eigenvalue weighted by Gasteiger charge is 2.28. The summed E-state index contributed by atoms with van der Waals surface area (Å²) in [5, 5.41) is 3.67. The van der Waals surface area contributed by atoms with Crippen molar-refractivity contribution in [1.82, 2.24) is 10.2 Å². The van der Waals surface area contributed by atoms with Crippen molar-refractivity contribution in [1.29, 1.82) is 0 Å². The van der Waals surface area contributed by atoms with Crippen molar-refractivity contribution in [3.63, 3.8) is 0 Å². The summed E-state index contributed by atoms with van der Waals surface area (Å²) in [5.41, 5.74) is 0. The Balaban J connectivity index is 2.32. The Bertz CT molecular complexity index is 269. The molecule has 1 N–H and O–H groups in total. The summed E-state index contributed by atoms with van der Waals surface area (Å²) in [6.45, 7) is 5.70. The highest BCUT2D eigenvalue weighted by molar-refractivity contribution is 5.72. The molecule has 0 aromatic heterocycles. The normalized spacial score (nSPS) is 25.3. The van der Waals surface area contributed by atoms with Crippen molar-refractivity contribution in [2.24, 2.45) is 5.92 Å². The Hall–Kier alpha value is -0.610. The average molecular weight is 270 g/mol. The minimum absolute atomic E-state index is 0.00468. The zero-order valence-corrected chi connectivity index (χ0v) is 12.9. The summed E-state index contributed by atoms with van der Waals surface area (Å²) in [7, 11) is 4.20. The minimum atomic E-state index is -0.00468. The van der Waals surface area contributed by atoms with E-state index in [1.165, 1.54) is 6.42 Å². The van der Waals surface area contributed by atoms with Gasteiger partial charge < -0.3 is 15.0 Å². The number of esters is 1. The third-order valence-corrected chi connectivity index (χ3v) is 3.82. The van der Waals surface area contributed by atoms with E-state index in [0.29, 0.717) is 18.7 Å². The van der Waals surface area contributed by atoms with Crippen LogP contribution in [0.5, 0.6) is 0 Å². The second kappa shape index (κ2) is 8.54. The largest absolute Gasteiger partial charge is 0.466 e.